The van der Waals surface area contributed by atoms with Crippen LogP contribution in [0, 0.1) is 13.8 Å². The van der Waals surface area contributed by atoms with Crippen molar-refractivity contribution in [1.82, 2.24) is 14.7 Å². The maximum atomic E-state index is 12.4. The summed E-state index contributed by atoms with van der Waals surface area (Å²) < 4.78 is 13.4. The molecule has 1 atom stereocenters. The van der Waals surface area contributed by atoms with Gasteiger partial charge in [-0.05, 0) is 32.1 Å². The molecule has 25 heavy (non-hydrogen) atoms. The van der Waals surface area contributed by atoms with Crippen LogP contribution in [0.5, 0.6) is 11.5 Å². The maximum Gasteiger partial charge on any atom is 0.246 e. The van der Waals surface area contributed by atoms with Gasteiger partial charge in [0, 0.05) is 31.4 Å². The molecular formula is C19H23N3O3. The second-order valence-electron chi connectivity index (χ2n) is 6.26. The van der Waals surface area contributed by atoms with Crippen LogP contribution in [0.1, 0.15) is 17.0 Å². The first kappa shape index (κ1) is 17.1. The fraction of sp³-hybridized carbons (Fsp3) is 0.368. The van der Waals surface area contributed by atoms with Gasteiger partial charge >= 0.3 is 0 Å². The van der Waals surface area contributed by atoms with Crippen LogP contribution in [0.2, 0.25) is 0 Å². The lowest BCUT2D eigenvalue weighted by Gasteiger charge is -2.29. The van der Waals surface area contributed by atoms with Crippen LogP contribution in [0.25, 0.3) is 6.08 Å². The van der Waals surface area contributed by atoms with E-state index in [1.54, 1.807) is 18.0 Å². The highest BCUT2D eigenvalue weighted by Gasteiger charge is 2.23. The summed E-state index contributed by atoms with van der Waals surface area (Å²) in [7, 11) is 3.66. The van der Waals surface area contributed by atoms with Crippen molar-refractivity contribution >= 4 is 12.0 Å². The van der Waals surface area contributed by atoms with Gasteiger partial charge in [0.15, 0.2) is 17.6 Å². The van der Waals surface area contributed by atoms with E-state index in [0.717, 1.165) is 28.5 Å². The molecule has 0 radical (unpaired) electrons. The summed E-state index contributed by atoms with van der Waals surface area (Å²) in [5.74, 6) is 1.39. The number of amides is 1. The molecule has 1 aliphatic heterocycles. The van der Waals surface area contributed by atoms with Gasteiger partial charge in [0.05, 0.1) is 12.2 Å². The van der Waals surface area contributed by atoms with E-state index >= 15 is 0 Å². The number of likely N-dealkylation sites (N-methyl/N-ethyl adjacent to an activating group) is 1. The molecule has 6 nitrogen and oxygen atoms in total. The second-order valence-corrected chi connectivity index (χ2v) is 6.26. The van der Waals surface area contributed by atoms with E-state index in [4.69, 9.17) is 9.47 Å². The molecule has 1 aliphatic rings. The lowest BCUT2D eigenvalue weighted by Crippen LogP contribution is -2.41. The van der Waals surface area contributed by atoms with Gasteiger partial charge in [-0.3, -0.25) is 9.48 Å². The Morgan fingerprint density at radius 1 is 1.36 bits per heavy atom. The van der Waals surface area contributed by atoms with Gasteiger partial charge in [-0.2, -0.15) is 5.10 Å². The van der Waals surface area contributed by atoms with E-state index in [0.29, 0.717) is 13.2 Å². The molecular weight excluding hydrogens is 318 g/mol. The Bertz CT molecular complexity index is 810. The van der Waals surface area contributed by atoms with Crippen LogP contribution >= 0.6 is 0 Å². The fourth-order valence-corrected chi connectivity index (χ4v) is 2.86. The number of aromatic nitrogens is 2. The smallest absolute Gasteiger partial charge is 0.246 e. The number of fused-ring (bicyclic) bond motifs is 1. The Labute approximate surface area is 147 Å². The summed E-state index contributed by atoms with van der Waals surface area (Å²) >= 11 is 0. The third kappa shape index (κ3) is 3.68. The largest absolute Gasteiger partial charge is 0.486 e. The molecule has 0 saturated heterocycles. The lowest BCUT2D eigenvalue weighted by molar-refractivity contribution is -0.126. The van der Waals surface area contributed by atoms with Crippen LogP contribution in [0.15, 0.2) is 30.3 Å². The minimum Gasteiger partial charge on any atom is -0.486 e. The third-order valence-corrected chi connectivity index (χ3v) is 4.38. The average molecular weight is 341 g/mol. The van der Waals surface area contributed by atoms with Gasteiger partial charge in [-0.25, -0.2) is 0 Å². The number of nitrogens with zero attached hydrogens (tertiary/aromatic N) is 3. The normalized spacial score (nSPS) is 16.2. The van der Waals surface area contributed by atoms with Crippen molar-refractivity contribution in [2.75, 3.05) is 20.2 Å². The Hall–Kier alpha value is -2.76. The number of para-hydroxylation sites is 2. The van der Waals surface area contributed by atoms with Crippen molar-refractivity contribution in [3.8, 4) is 11.5 Å². The van der Waals surface area contributed by atoms with Crippen molar-refractivity contribution < 1.29 is 14.3 Å². The van der Waals surface area contributed by atoms with E-state index in [-0.39, 0.29) is 12.0 Å². The number of hydrogen-bond acceptors (Lipinski definition) is 4. The maximum absolute atomic E-state index is 12.4. The van der Waals surface area contributed by atoms with E-state index in [2.05, 4.69) is 5.10 Å². The SMILES string of the molecule is Cc1nn(C)c(C)c1/C=C/C(=O)N(C)CC1COc2ccccc2O1. The number of rotatable bonds is 4. The summed E-state index contributed by atoms with van der Waals surface area (Å²) in [4.78, 5) is 14.0. The first-order chi connectivity index (χ1) is 12.0. The zero-order chi connectivity index (χ0) is 18.0. The molecule has 0 aliphatic carbocycles. The Balaban J connectivity index is 1.61. The first-order valence-corrected chi connectivity index (χ1v) is 8.27. The molecule has 2 aromatic rings. The Morgan fingerprint density at radius 2 is 2.08 bits per heavy atom. The van der Waals surface area contributed by atoms with Gasteiger partial charge in [0.1, 0.15) is 6.61 Å². The van der Waals surface area contributed by atoms with Crippen molar-refractivity contribution in [3.05, 3.63) is 47.3 Å². The number of benzene rings is 1. The quantitative estimate of drug-likeness (QED) is 0.801. The molecule has 1 unspecified atom stereocenters. The number of carbonyl (C=O) groups is 1. The molecule has 1 amide bonds. The zero-order valence-corrected chi connectivity index (χ0v) is 15.0. The molecule has 0 saturated carbocycles. The molecule has 3 rings (SSSR count). The topological polar surface area (TPSA) is 56.6 Å². The molecule has 0 fully saturated rings. The summed E-state index contributed by atoms with van der Waals surface area (Å²) in [6.07, 6.45) is 3.22. The van der Waals surface area contributed by atoms with E-state index < -0.39 is 0 Å². The lowest BCUT2D eigenvalue weighted by atomic mass is 10.2. The first-order valence-electron chi connectivity index (χ1n) is 8.27. The molecule has 0 bridgehead atoms. The fourth-order valence-electron chi connectivity index (χ4n) is 2.86. The number of hydrogen-bond donors (Lipinski definition) is 0. The zero-order valence-electron chi connectivity index (χ0n) is 15.0. The van der Waals surface area contributed by atoms with E-state index in [1.165, 1.54) is 0 Å². The van der Waals surface area contributed by atoms with Crippen molar-refractivity contribution in [2.45, 2.75) is 20.0 Å². The molecule has 2 heterocycles. The predicted octanol–water partition coefficient (Wildman–Crippen LogP) is 2.35. The monoisotopic (exact) mass is 341 g/mol. The highest BCUT2D eigenvalue weighted by atomic mass is 16.6. The molecule has 0 spiro atoms. The molecule has 132 valence electrons. The Kier molecular flexibility index (Phi) is 4.79. The van der Waals surface area contributed by atoms with Gasteiger partial charge in [-0.1, -0.05) is 12.1 Å². The standard InChI is InChI=1S/C19H23N3O3/c1-13-16(14(2)22(4)20-13)9-10-19(23)21(3)11-15-12-24-17-7-5-6-8-18(17)25-15/h5-10,15H,11-12H2,1-4H3/b10-9+. The Morgan fingerprint density at radius 3 is 2.76 bits per heavy atom. The van der Waals surface area contributed by atoms with Gasteiger partial charge in [0.2, 0.25) is 5.91 Å². The minimum absolute atomic E-state index is 0.0786. The van der Waals surface area contributed by atoms with Crippen LogP contribution < -0.4 is 9.47 Å². The highest BCUT2D eigenvalue weighted by molar-refractivity contribution is 5.91. The molecule has 1 aromatic heterocycles. The number of ether oxygens (including phenoxy) is 2. The third-order valence-electron chi connectivity index (χ3n) is 4.38. The highest BCUT2D eigenvalue weighted by Crippen LogP contribution is 2.30. The van der Waals surface area contributed by atoms with E-state index in [9.17, 15) is 4.79 Å². The van der Waals surface area contributed by atoms with Crippen molar-refractivity contribution in [3.63, 3.8) is 0 Å². The number of carbonyl (C=O) groups excluding carboxylic acids is 1. The minimum atomic E-state index is -0.181. The summed E-state index contributed by atoms with van der Waals surface area (Å²) in [6, 6.07) is 7.56. The average Bonchev–Trinajstić information content (AvgIpc) is 2.84. The van der Waals surface area contributed by atoms with Crippen LogP contribution in [-0.2, 0) is 11.8 Å². The van der Waals surface area contributed by atoms with Crippen LogP contribution in [0.3, 0.4) is 0 Å². The number of aryl methyl sites for hydroxylation is 2. The summed E-state index contributed by atoms with van der Waals surface area (Å²) in [6.45, 7) is 4.81. The van der Waals surface area contributed by atoms with Gasteiger partial charge in [0.25, 0.3) is 0 Å². The van der Waals surface area contributed by atoms with Gasteiger partial charge in [-0.15, -0.1) is 0 Å². The summed E-state index contributed by atoms with van der Waals surface area (Å²) in [5.41, 5.74) is 2.92. The van der Waals surface area contributed by atoms with Crippen molar-refractivity contribution in [2.24, 2.45) is 7.05 Å². The van der Waals surface area contributed by atoms with Crippen molar-refractivity contribution in [1.29, 1.82) is 0 Å². The second kappa shape index (κ2) is 7.01. The van der Waals surface area contributed by atoms with Crippen LogP contribution in [-0.4, -0.2) is 46.9 Å². The van der Waals surface area contributed by atoms with E-state index in [1.807, 2.05) is 55.9 Å². The van der Waals surface area contributed by atoms with Crippen LogP contribution in [0.4, 0.5) is 0 Å². The van der Waals surface area contributed by atoms with Gasteiger partial charge < -0.3 is 14.4 Å². The molecule has 0 N–H and O–H groups in total. The molecule has 1 aromatic carbocycles. The molecule has 6 heteroatoms. The predicted molar refractivity (Wildman–Crippen MR) is 95.7 cm³/mol. The summed E-state index contributed by atoms with van der Waals surface area (Å²) in [5, 5.41) is 4.35.